The molecular weight excluding hydrogens is 287 g/mol. The van der Waals surface area contributed by atoms with Crippen molar-refractivity contribution < 1.29 is 4.74 Å². The van der Waals surface area contributed by atoms with E-state index < -0.39 is 0 Å². The normalized spacial score (nSPS) is 9.26. The van der Waals surface area contributed by atoms with E-state index in [0.717, 1.165) is 0 Å². The molecule has 2 aromatic carbocycles. The standard InChI is InChI=1S/C12H10Cl2N2O.N2/c13-7-1-3-11(9(15)5-7)17-12-4-2-8(14)6-10(12)16;1-2/h1-6H,15-16H2;. The molecule has 0 amide bonds. The van der Waals surface area contributed by atoms with Crippen LogP contribution in [0.25, 0.3) is 0 Å². The van der Waals surface area contributed by atoms with Gasteiger partial charge in [0, 0.05) is 20.8 Å². The molecule has 0 radical (unpaired) electrons. The van der Waals surface area contributed by atoms with Crippen molar-refractivity contribution in [3.05, 3.63) is 46.4 Å². The Balaban J connectivity index is 0.000000861. The molecule has 0 heterocycles. The Kier molecular flexibility index (Phi) is 5.24. The fourth-order valence-corrected chi connectivity index (χ4v) is 1.70. The predicted octanol–water partition coefficient (Wildman–Crippen LogP) is 3.98. The molecule has 7 heteroatoms. The van der Waals surface area contributed by atoms with Crippen LogP contribution < -0.4 is 16.2 Å². The Labute approximate surface area is 120 Å². The lowest BCUT2D eigenvalue weighted by atomic mass is 10.2. The molecule has 0 bridgehead atoms. The number of hydrogen-bond acceptors (Lipinski definition) is 5. The minimum atomic E-state index is 0.451. The van der Waals surface area contributed by atoms with Crippen LogP contribution in [0.1, 0.15) is 0 Å². The van der Waals surface area contributed by atoms with Gasteiger partial charge in [-0.2, -0.15) is 0 Å². The summed E-state index contributed by atoms with van der Waals surface area (Å²) < 4.78 is 5.58. The van der Waals surface area contributed by atoms with Gasteiger partial charge < -0.3 is 16.2 Å². The van der Waals surface area contributed by atoms with E-state index in [1.807, 2.05) is 0 Å². The molecule has 0 spiro atoms. The molecule has 0 saturated carbocycles. The Morgan fingerprint density at radius 2 is 1.16 bits per heavy atom. The van der Waals surface area contributed by atoms with E-state index >= 15 is 0 Å². The van der Waals surface area contributed by atoms with Crippen molar-refractivity contribution in [1.82, 2.24) is 0 Å². The third kappa shape index (κ3) is 3.91. The number of halogens is 2. The summed E-state index contributed by atoms with van der Waals surface area (Å²) in [5.74, 6) is 1.01. The molecule has 0 aliphatic carbocycles. The van der Waals surface area contributed by atoms with E-state index in [9.17, 15) is 0 Å². The summed E-state index contributed by atoms with van der Waals surface area (Å²) in [7, 11) is 0. The minimum Gasteiger partial charge on any atom is -0.453 e. The fourth-order valence-electron chi connectivity index (χ4n) is 1.34. The Morgan fingerprint density at radius 3 is 1.47 bits per heavy atom. The van der Waals surface area contributed by atoms with Crippen LogP contribution in [-0.4, -0.2) is 0 Å². The summed E-state index contributed by atoms with van der Waals surface area (Å²) in [4.78, 5) is 0. The summed E-state index contributed by atoms with van der Waals surface area (Å²) in [5, 5.41) is 13.1. The highest BCUT2D eigenvalue weighted by Gasteiger charge is 2.06. The van der Waals surface area contributed by atoms with Crippen LogP contribution in [0.4, 0.5) is 11.4 Å². The van der Waals surface area contributed by atoms with Crippen LogP contribution in [0.2, 0.25) is 10.0 Å². The summed E-state index contributed by atoms with van der Waals surface area (Å²) in [5.41, 5.74) is 12.4. The first-order valence-corrected chi connectivity index (χ1v) is 5.80. The number of hydrogen-bond donors (Lipinski definition) is 2. The molecule has 98 valence electrons. The minimum absolute atomic E-state index is 0.451. The summed E-state index contributed by atoms with van der Waals surface area (Å²) in [6.45, 7) is 0. The quantitative estimate of drug-likeness (QED) is 0.643. The molecule has 2 rings (SSSR count). The predicted molar refractivity (Wildman–Crippen MR) is 75.3 cm³/mol. The lowest BCUT2D eigenvalue weighted by Crippen LogP contribution is -1.95. The first-order valence-electron chi connectivity index (χ1n) is 5.04. The second kappa shape index (κ2) is 6.69. The van der Waals surface area contributed by atoms with Gasteiger partial charge in [0.25, 0.3) is 0 Å². The highest BCUT2D eigenvalue weighted by Crippen LogP contribution is 2.33. The average Bonchev–Trinajstić information content (AvgIpc) is 2.38. The summed E-state index contributed by atoms with van der Waals surface area (Å²) in [6, 6.07) is 9.99. The topological polar surface area (TPSA) is 109 Å². The zero-order valence-electron chi connectivity index (χ0n) is 9.68. The van der Waals surface area contributed by atoms with E-state index in [1.54, 1.807) is 36.4 Å². The maximum atomic E-state index is 6.00. The fraction of sp³-hybridized carbons (Fsp3) is 0. The van der Waals surface area contributed by atoms with Gasteiger partial charge in [-0.1, -0.05) is 23.2 Å². The number of nitrogens with zero attached hydrogens (tertiary/aromatic N) is 2. The Bertz CT molecular complexity index is 552. The zero-order valence-corrected chi connectivity index (χ0v) is 11.2. The van der Waals surface area contributed by atoms with Crippen molar-refractivity contribution in [2.45, 2.75) is 0 Å². The third-order valence-electron chi connectivity index (χ3n) is 2.16. The molecule has 5 nitrogen and oxygen atoms in total. The van der Waals surface area contributed by atoms with Crippen molar-refractivity contribution in [2.75, 3.05) is 11.5 Å². The van der Waals surface area contributed by atoms with Gasteiger partial charge in [0.15, 0.2) is 11.5 Å². The van der Waals surface area contributed by atoms with Crippen LogP contribution in [0.15, 0.2) is 36.4 Å². The van der Waals surface area contributed by atoms with E-state index in [2.05, 4.69) is 0 Å². The maximum absolute atomic E-state index is 6.00. The lowest BCUT2D eigenvalue weighted by Gasteiger charge is -2.10. The van der Waals surface area contributed by atoms with Gasteiger partial charge in [-0.25, -0.2) is 0 Å². The average molecular weight is 297 g/mol. The monoisotopic (exact) mass is 296 g/mol. The van der Waals surface area contributed by atoms with Crippen molar-refractivity contribution in [3.8, 4) is 11.5 Å². The smallest absolute Gasteiger partial charge is 0.150 e. The zero-order chi connectivity index (χ0) is 14.4. The molecule has 0 saturated heterocycles. The molecule has 0 aliphatic heterocycles. The van der Waals surface area contributed by atoms with E-state index in [4.69, 9.17) is 50.2 Å². The van der Waals surface area contributed by atoms with Gasteiger partial charge in [-0.05, 0) is 36.4 Å². The van der Waals surface area contributed by atoms with Gasteiger partial charge in [0.2, 0.25) is 0 Å². The van der Waals surface area contributed by atoms with Gasteiger partial charge in [0.1, 0.15) is 0 Å². The molecule has 0 aliphatic rings. The van der Waals surface area contributed by atoms with Gasteiger partial charge in [0.05, 0.1) is 11.4 Å². The van der Waals surface area contributed by atoms with Crippen LogP contribution in [0, 0.1) is 10.8 Å². The van der Waals surface area contributed by atoms with Gasteiger partial charge in [-0.3, -0.25) is 0 Å². The highest BCUT2D eigenvalue weighted by atomic mass is 35.5. The van der Waals surface area contributed by atoms with E-state index in [0.29, 0.717) is 32.9 Å². The van der Waals surface area contributed by atoms with E-state index in [-0.39, 0.29) is 0 Å². The molecule has 0 fully saturated rings. The van der Waals surface area contributed by atoms with Crippen LogP contribution in [-0.2, 0) is 0 Å². The van der Waals surface area contributed by atoms with Crippen molar-refractivity contribution in [3.63, 3.8) is 0 Å². The molecule has 4 N–H and O–H groups in total. The number of nitrogen functional groups attached to an aromatic ring is 2. The molecular formula is C12H10Cl2N4O. The second-order valence-electron chi connectivity index (χ2n) is 3.47. The SMILES string of the molecule is N#N.Nc1cc(Cl)ccc1Oc1ccc(Cl)cc1N. The second-order valence-corrected chi connectivity index (χ2v) is 4.34. The number of anilines is 2. The lowest BCUT2D eigenvalue weighted by molar-refractivity contribution is 0.487. The van der Waals surface area contributed by atoms with Gasteiger partial charge >= 0.3 is 0 Å². The third-order valence-corrected chi connectivity index (χ3v) is 2.63. The summed E-state index contributed by atoms with van der Waals surface area (Å²) in [6.07, 6.45) is 0. The number of ether oxygens (including phenoxy) is 1. The molecule has 0 atom stereocenters. The van der Waals surface area contributed by atoms with Crippen LogP contribution >= 0.6 is 23.2 Å². The van der Waals surface area contributed by atoms with Crippen molar-refractivity contribution in [1.29, 1.82) is 10.8 Å². The van der Waals surface area contributed by atoms with Crippen LogP contribution in [0.3, 0.4) is 0 Å². The molecule has 19 heavy (non-hydrogen) atoms. The maximum Gasteiger partial charge on any atom is 0.150 e. The van der Waals surface area contributed by atoms with Crippen LogP contribution in [0.5, 0.6) is 11.5 Å². The Morgan fingerprint density at radius 1 is 0.789 bits per heavy atom. The molecule has 0 unspecified atom stereocenters. The van der Waals surface area contributed by atoms with E-state index in [1.165, 1.54) is 0 Å². The van der Waals surface area contributed by atoms with Gasteiger partial charge in [-0.15, -0.1) is 0 Å². The first-order chi connectivity index (χ1) is 9.06. The first kappa shape index (κ1) is 14.9. The number of nitrogens with two attached hydrogens (primary N) is 2. The molecule has 2 aromatic rings. The number of rotatable bonds is 2. The number of benzene rings is 2. The molecule has 0 aromatic heterocycles. The van der Waals surface area contributed by atoms with Crippen molar-refractivity contribution >= 4 is 34.6 Å². The summed E-state index contributed by atoms with van der Waals surface area (Å²) >= 11 is 11.6. The Hall–Kier alpha value is -2.16. The highest BCUT2D eigenvalue weighted by molar-refractivity contribution is 6.31. The van der Waals surface area contributed by atoms with Crippen molar-refractivity contribution in [2.24, 2.45) is 0 Å². The largest absolute Gasteiger partial charge is 0.453 e.